The molecule has 0 N–H and O–H groups in total. The van der Waals surface area contributed by atoms with E-state index in [1.807, 2.05) is 0 Å². The first-order chi connectivity index (χ1) is 7.63. The van der Waals surface area contributed by atoms with Crippen LogP contribution in [-0.2, 0) is 14.3 Å². The van der Waals surface area contributed by atoms with Crippen LogP contribution in [0.15, 0.2) is 29.8 Å². The fourth-order valence-electron chi connectivity index (χ4n) is 1.49. The number of carbonyl (C=O) groups is 2. The molecule has 0 fully saturated rings. The van der Waals surface area contributed by atoms with Gasteiger partial charge in [-0.15, -0.1) is 0 Å². The highest BCUT2D eigenvalue weighted by molar-refractivity contribution is 6.45. The van der Waals surface area contributed by atoms with E-state index < -0.39 is 11.8 Å². The smallest absolute Gasteiger partial charge is 0.384 e. The number of hydrogen-bond donors (Lipinski definition) is 0. The van der Waals surface area contributed by atoms with Gasteiger partial charge >= 0.3 is 5.97 Å². The number of ether oxygens (including phenoxy) is 2. The maximum absolute atomic E-state index is 11.3. The Morgan fingerprint density at radius 2 is 1.75 bits per heavy atom. The molecule has 16 heavy (non-hydrogen) atoms. The van der Waals surface area contributed by atoms with Crippen molar-refractivity contribution < 1.29 is 19.1 Å². The van der Waals surface area contributed by atoms with E-state index in [1.165, 1.54) is 0 Å². The number of esters is 1. The number of cyclic esters (lactones) is 1. The Labute approximate surface area is 92.5 Å². The molecule has 2 rings (SSSR count). The van der Waals surface area contributed by atoms with E-state index in [0.29, 0.717) is 22.6 Å². The molecule has 0 aliphatic carbocycles. The van der Waals surface area contributed by atoms with Crippen molar-refractivity contribution in [2.45, 2.75) is 6.92 Å². The van der Waals surface area contributed by atoms with E-state index in [2.05, 4.69) is 0 Å². The Morgan fingerprint density at radius 1 is 1.12 bits per heavy atom. The summed E-state index contributed by atoms with van der Waals surface area (Å²) in [5.41, 5.74) is 1.03. The Balaban J connectivity index is 2.38. The zero-order valence-corrected chi connectivity index (χ0v) is 8.94. The van der Waals surface area contributed by atoms with Crippen LogP contribution in [0, 0.1) is 0 Å². The van der Waals surface area contributed by atoms with Gasteiger partial charge in [0.2, 0.25) is 0 Å². The largest absolute Gasteiger partial charge is 0.497 e. The van der Waals surface area contributed by atoms with E-state index in [9.17, 15) is 9.59 Å². The monoisotopic (exact) mass is 218 g/mol. The fraction of sp³-hybridized carbons (Fsp3) is 0.167. The minimum absolute atomic E-state index is 0.331. The van der Waals surface area contributed by atoms with Crippen molar-refractivity contribution in [1.29, 1.82) is 0 Å². The third-order valence-corrected chi connectivity index (χ3v) is 2.41. The van der Waals surface area contributed by atoms with Gasteiger partial charge in [-0.05, 0) is 31.2 Å². The molecule has 1 aliphatic heterocycles. The molecule has 0 saturated heterocycles. The molecule has 0 spiro atoms. The van der Waals surface area contributed by atoms with Gasteiger partial charge in [-0.1, -0.05) is 0 Å². The van der Waals surface area contributed by atoms with E-state index in [-0.39, 0.29) is 0 Å². The lowest BCUT2D eigenvalue weighted by molar-refractivity contribution is -0.144. The maximum atomic E-state index is 11.3. The van der Waals surface area contributed by atoms with E-state index >= 15 is 0 Å². The first-order valence-electron chi connectivity index (χ1n) is 4.75. The molecule has 1 aromatic rings. The van der Waals surface area contributed by atoms with Crippen LogP contribution in [0.4, 0.5) is 0 Å². The van der Waals surface area contributed by atoms with Crippen LogP contribution in [0.1, 0.15) is 12.5 Å². The predicted molar refractivity (Wildman–Crippen MR) is 56.7 cm³/mol. The Hall–Kier alpha value is -2.10. The quantitative estimate of drug-likeness (QED) is 0.558. The normalized spacial score (nSPS) is 15.4. The number of hydrogen-bond acceptors (Lipinski definition) is 4. The van der Waals surface area contributed by atoms with Crippen LogP contribution in [0.3, 0.4) is 0 Å². The Kier molecular flexibility index (Phi) is 2.48. The second kappa shape index (κ2) is 3.81. The molecular formula is C12H10O4. The second-order valence-electron chi connectivity index (χ2n) is 3.40. The molecule has 0 bridgehead atoms. The summed E-state index contributed by atoms with van der Waals surface area (Å²) in [6.07, 6.45) is 0. The van der Waals surface area contributed by atoms with Gasteiger partial charge in [-0.3, -0.25) is 4.79 Å². The minimum Gasteiger partial charge on any atom is -0.497 e. The summed E-state index contributed by atoms with van der Waals surface area (Å²) < 4.78 is 9.91. The number of carbonyl (C=O) groups excluding carboxylic acids is 2. The summed E-state index contributed by atoms with van der Waals surface area (Å²) in [5, 5.41) is 0. The third kappa shape index (κ3) is 1.58. The molecule has 4 nitrogen and oxygen atoms in total. The second-order valence-corrected chi connectivity index (χ2v) is 3.40. The Bertz CT molecular complexity index is 482. The average molecular weight is 218 g/mol. The molecule has 0 saturated carbocycles. The average Bonchev–Trinajstić information content (AvgIpc) is 2.57. The summed E-state index contributed by atoms with van der Waals surface area (Å²) in [6, 6.07) is 6.96. The highest BCUT2D eigenvalue weighted by Gasteiger charge is 2.31. The molecular weight excluding hydrogens is 208 g/mol. The molecule has 0 atom stereocenters. The van der Waals surface area contributed by atoms with Crippen LogP contribution in [0.5, 0.6) is 5.75 Å². The lowest BCUT2D eigenvalue weighted by Gasteiger charge is -2.04. The summed E-state index contributed by atoms with van der Waals surface area (Å²) in [7, 11) is 1.57. The van der Waals surface area contributed by atoms with Crippen molar-refractivity contribution in [3.8, 4) is 5.75 Å². The Morgan fingerprint density at radius 3 is 2.19 bits per heavy atom. The number of methoxy groups -OCH3 is 1. The zero-order valence-electron chi connectivity index (χ0n) is 8.94. The molecule has 1 aliphatic rings. The van der Waals surface area contributed by atoms with Crippen LogP contribution >= 0.6 is 0 Å². The number of Topliss-reactive ketones (excluding diaryl/α,β-unsaturated/α-hetero) is 1. The van der Waals surface area contributed by atoms with E-state index in [4.69, 9.17) is 9.47 Å². The van der Waals surface area contributed by atoms with Crippen molar-refractivity contribution in [3.05, 3.63) is 35.4 Å². The number of rotatable bonds is 2. The zero-order chi connectivity index (χ0) is 11.7. The lowest BCUT2D eigenvalue weighted by Crippen LogP contribution is -2.07. The van der Waals surface area contributed by atoms with Gasteiger partial charge in [0.25, 0.3) is 5.78 Å². The molecule has 1 aromatic carbocycles. The van der Waals surface area contributed by atoms with Crippen molar-refractivity contribution >= 4 is 17.5 Å². The van der Waals surface area contributed by atoms with Crippen LogP contribution < -0.4 is 4.74 Å². The first-order valence-corrected chi connectivity index (χ1v) is 4.75. The highest BCUT2D eigenvalue weighted by Crippen LogP contribution is 2.27. The summed E-state index contributed by atoms with van der Waals surface area (Å²) in [6.45, 7) is 1.58. The third-order valence-electron chi connectivity index (χ3n) is 2.41. The molecule has 0 unspecified atom stereocenters. The predicted octanol–water partition coefficient (Wildman–Crippen LogP) is 1.55. The molecule has 0 aromatic heterocycles. The molecule has 0 amide bonds. The summed E-state index contributed by atoms with van der Waals surface area (Å²) in [4.78, 5) is 22.3. The molecule has 82 valence electrons. The van der Waals surface area contributed by atoms with Gasteiger partial charge in [0.15, 0.2) is 0 Å². The SMILES string of the molecule is COc1ccc(C2=C(C)C(=O)C(=O)O2)cc1. The van der Waals surface area contributed by atoms with Crippen LogP contribution in [-0.4, -0.2) is 18.9 Å². The minimum atomic E-state index is -0.816. The fourth-order valence-corrected chi connectivity index (χ4v) is 1.49. The first kappa shape index (κ1) is 10.4. The van der Waals surface area contributed by atoms with E-state index in [1.54, 1.807) is 38.3 Å². The van der Waals surface area contributed by atoms with Crippen LogP contribution in [0.2, 0.25) is 0 Å². The van der Waals surface area contributed by atoms with Gasteiger partial charge < -0.3 is 9.47 Å². The van der Waals surface area contributed by atoms with Crippen molar-refractivity contribution in [2.75, 3.05) is 7.11 Å². The summed E-state index contributed by atoms with van der Waals surface area (Å²) in [5.74, 6) is -0.357. The van der Waals surface area contributed by atoms with Crippen molar-refractivity contribution in [1.82, 2.24) is 0 Å². The van der Waals surface area contributed by atoms with Crippen molar-refractivity contribution in [2.24, 2.45) is 0 Å². The molecule has 0 radical (unpaired) electrons. The van der Waals surface area contributed by atoms with Gasteiger partial charge in [0, 0.05) is 11.1 Å². The molecule has 4 heteroatoms. The van der Waals surface area contributed by atoms with Gasteiger partial charge in [-0.25, -0.2) is 4.79 Å². The number of benzene rings is 1. The summed E-state index contributed by atoms with van der Waals surface area (Å²) >= 11 is 0. The van der Waals surface area contributed by atoms with Gasteiger partial charge in [0.1, 0.15) is 11.5 Å². The standard InChI is InChI=1S/C12H10O4/c1-7-10(13)12(14)16-11(7)8-3-5-9(15-2)6-4-8/h3-6H,1-2H3. The number of ketones is 1. The maximum Gasteiger partial charge on any atom is 0.384 e. The van der Waals surface area contributed by atoms with Crippen LogP contribution in [0.25, 0.3) is 5.76 Å². The van der Waals surface area contributed by atoms with E-state index in [0.717, 1.165) is 0 Å². The lowest BCUT2D eigenvalue weighted by atomic mass is 10.1. The highest BCUT2D eigenvalue weighted by atomic mass is 16.5. The van der Waals surface area contributed by atoms with Crippen molar-refractivity contribution in [3.63, 3.8) is 0 Å². The van der Waals surface area contributed by atoms with Gasteiger partial charge in [0.05, 0.1) is 7.11 Å². The topological polar surface area (TPSA) is 52.6 Å². The van der Waals surface area contributed by atoms with Gasteiger partial charge in [-0.2, -0.15) is 0 Å². The molecule has 1 heterocycles.